The van der Waals surface area contributed by atoms with Gasteiger partial charge in [0, 0.05) is 16.3 Å². The predicted octanol–water partition coefficient (Wildman–Crippen LogP) is 17.4. The highest BCUT2D eigenvalue weighted by atomic mass is 15.1. The lowest BCUT2D eigenvalue weighted by Gasteiger charge is -2.46. The van der Waals surface area contributed by atoms with Crippen molar-refractivity contribution in [3.63, 3.8) is 0 Å². The van der Waals surface area contributed by atoms with Crippen LogP contribution in [0.2, 0.25) is 0 Å². The van der Waals surface area contributed by atoms with Gasteiger partial charge in [0.15, 0.2) is 0 Å². The zero-order chi connectivity index (χ0) is 43.3. The molecule has 1 heteroatoms. The SMILES string of the molecule is c1ccc(-c2ccc3c(c2)C2(c4ccccc4-c4ccc(N(c5cc6ccccc6cc5-c5ccccc5)c5cccc6ccccc56)c5cccc2c45)c2cccc4cccc-3c24)cc1. The van der Waals surface area contributed by atoms with Crippen LogP contribution in [-0.4, -0.2) is 0 Å². The monoisotopic (exact) mass is 835 g/mol. The molecule has 1 nitrogen and oxygen atoms in total. The summed E-state index contributed by atoms with van der Waals surface area (Å²) in [6.07, 6.45) is 0. The average molecular weight is 836 g/mol. The van der Waals surface area contributed by atoms with Gasteiger partial charge >= 0.3 is 0 Å². The third-order valence-electron chi connectivity index (χ3n) is 14.6. The molecule has 1 unspecified atom stereocenters. The lowest BCUT2D eigenvalue weighted by atomic mass is 9.55. The van der Waals surface area contributed by atoms with Crippen LogP contribution in [0.15, 0.2) is 249 Å². The molecule has 0 heterocycles. The summed E-state index contributed by atoms with van der Waals surface area (Å²) in [5.74, 6) is 0. The molecule has 306 valence electrons. The Hall–Kier alpha value is -8.52. The van der Waals surface area contributed by atoms with Crippen molar-refractivity contribution in [2.24, 2.45) is 0 Å². The summed E-state index contributed by atoms with van der Waals surface area (Å²) >= 11 is 0. The minimum absolute atomic E-state index is 0.627. The van der Waals surface area contributed by atoms with E-state index in [9.17, 15) is 0 Å². The third-order valence-corrected chi connectivity index (χ3v) is 14.6. The molecular weight excluding hydrogens is 795 g/mol. The van der Waals surface area contributed by atoms with Gasteiger partial charge in [-0.05, 0) is 124 Å². The van der Waals surface area contributed by atoms with Crippen LogP contribution in [0.3, 0.4) is 0 Å². The van der Waals surface area contributed by atoms with Crippen LogP contribution in [0, 0.1) is 0 Å². The number of fused-ring (bicyclic) bond motifs is 10. The maximum atomic E-state index is 2.56. The first kappa shape index (κ1) is 36.9. The van der Waals surface area contributed by atoms with Gasteiger partial charge in [0.25, 0.3) is 0 Å². The van der Waals surface area contributed by atoms with Crippen molar-refractivity contribution in [1.82, 2.24) is 0 Å². The maximum Gasteiger partial charge on any atom is 0.0726 e. The largest absolute Gasteiger partial charge is 0.309 e. The second kappa shape index (κ2) is 14.2. The Kier molecular flexibility index (Phi) is 7.97. The number of benzene rings is 12. The second-order valence-electron chi connectivity index (χ2n) is 17.9. The van der Waals surface area contributed by atoms with Crippen molar-refractivity contribution in [1.29, 1.82) is 0 Å². The highest BCUT2D eigenvalue weighted by molar-refractivity contribution is 6.16. The van der Waals surface area contributed by atoms with Gasteiger partial charge < -0.3 is 4.90 Å². The van der Waals surface area contributed by atoms with E-state index < -0.39 is 5.41 Å². The van der Waals surface area contributed by atoms with Crippen molar-refractivity contribution in [3.8, 4) is 44.5 Å². The van der Waals surface area contributed by atoms with E-state index in [1.54, 1.807) is 0 Å². The number of hydrogen-bond donors (Lipinski definition) is 0. The lowest BCUT2D eigenvalue weighted by molar-refractivity contribution is 0.755. The van der Waals surface area contributed by atoms with E-state index in [2.05, 4.69) is 254 Å². The Morgan fingerprint density at radius 2 is 0.773 bits per heavy atom. The van der Waals surface area contributed by atoms with Crippen molar-refractivity contribution in [2.45, 2.75) is 5.41 Å². The van der Waals surface area contributed by atoms with E-state index >= 15 is 0 Å². The third kappa shape index (κ3) is 5.17. The minimum atomic E-state index is -0.627. The Bertz CT molecular complexity index is 3930. The highest BCUT2D eigenvalue weighted by Gasteiger charge is 2.49. The lowest BCUT2D eigenvalue weighted by Crippen LogP contribution is -2.36. The quantitative estimate of drug-likeness (QED) is 0.167. The standard InChI is InChI=1S/C65H41N/c1-3-17-42(18-4-1)48-35-36-51-52-29-13-25-45-26-14-32-57(63(45)52)65(59(51)40-48)56-31-12-11-28-50(56)53-37-38-61(54-30-16-33-58(65)64(53)54)66(60-34-15-24-43-21-9-10-27-49(43)60)62-41-47-23-8-7-22-46(47)39-55(62)44-19-5-2-6-20-44/h1-41H. The number of nitrogens with zero attached hydrogens (tertiary/aromatic N) is 1. The summed E-state index contributed by atoms with van der Waals surface area (Å²) < 4.78 is 0. The maximum absolute atomic E-state index is 2.56. The molecule has 0 saturated heterocycles. The summed E-state index contributed by atoms with van der Waals surface area (Å²) in [7, 11) is 0. The Balaban J connectivity index is 1.14. The first-order valence-electron chi connectivity index (χ1n) is 23.0. The normalized spacial score (nSPS) is 14.4. The summed E-state index contributed by atoms with van der Waals surface area (Å²) in [5.41, 5.74) is 18.0. The van der Waals surface area contributed by atoms with E-state index in [-0.39, 0.29) is 0 Å². The first-order chi connectivity index (χ1) is 32.8. The molecule has 1 spiro atoms. The van der Waals surface area contributed by atoms with E-state index in [0.717, 1.165) is 17.1 Å². The first-order valence-corrected chi connectivity index (χ1v) is 23.0. The van der Waals surface area contributed by atoms with Crippen molar-refractivity contribution < 1.29 is 0 Å². The molecule has 0 saturated carbocycles. The predicted molar refractivity (Wildman–Crippen MR) is 278 cm³/mol. The molecule has 2 aliphatic carbocycles. The zero-order valence-electron chi connectivity index (χ0n) is 36.1. The molecule has 2 aliphatic rings. The zero-order valence-corrected chi connectivity index (χ0v) is 36.1. The molecule has 0 aromatic heterocycles. The van der Waals surface area contributed by atoms with Crippen LogP contribution in [-0.2, 0) is 5.41 Å². The number of rotatable bonds is 5. The summed E-state index contributed by atoms with van der Waals surface area (Å²) in [4.78, 5) is 2.56. The van der Waals surface area contributed by atoms with E-state index in [1.165, 1.54) is 110 Å². The van der Waals surface area contributed by atoms with Crippen molar-refractivity contribution >= 4 is 60.2 Å². The molecule has 0 aliphatic heterocycles. The minimum Gasteiger partial charge on any atom is -0.309 e. The van der Waals surface area contributed by atoms with E-state index in [4.69, 9.17) is 0 Å². The van der Waals surface area contributed by atoms with Crippen LogP contribution in [0.1, 0.15) is 22.3 Å². The molecule has 1 atom stereocenters. The molecule has 0 fully saturated rings. The summed E-state index contributed by atoms with van der Waals surface area (Å²) in [6.45, 7) is 0. The number of hydrogen-bond acceptors (Lipinski definition) is 1. The van der Waals surface area contributed by atoms with Gasteiger partial charge in [0.1, 0.15) is 0 Å². The van der Waals surface area contributed by atoms with Crippen LogP contribution >= 0.6 is 0 Å². The molecule has 14 rings (SSSR count). The fraction of sp³-hybridized carbons (Fsp3) is 0.0154. The summed E-state index contributed by atoms with van der Waals surface area (Å²) in [5, 5.41) is 9.91. The molecule has 0 radical (unpaired) electrons. The molecule has 12 aromatic rings. The van der Waals surface area contributed by atoms with Gasteiger partial charge in [-0.3, -0.25) is 0 Å². The van der Waals surface area contributed by atoms with Crippen molar-refractivity contribution in [2.75, 3.05) is 4.90 Å². The van der Waals surface area contributed by atoms with E-state index in [0.29, 0.717) is 0 Å². The molecule has 0 amide bonds. The molecule has 12 aromatic carbocycles. The molecular formula is C65H41N. The Labute approximate surface area is 384 Å². The van der Waals surface area contributed by atoms with Crippen LogP contribution in [0.5, 0.6) is 0 Å². The van der Waals surface area contributed by atoms with Crippen LogP contribution in [0.25, 0.3) is 87.6 Å². The second-order valence-corrected chi connectivity index (χ2v) is 17.9. The van der Waals surface area contributed by atoms with Crippen LogP contribution in [0.4, 0.5) is 17.1 Å². The topological polar surface area (TPSA) is 3.24 Å². The fourth-order valence-corrected chi connectivity index (χ4v) is 11.9. The molecule has 66 heavy (non-hydrogen) atoms. The van der Waals surface area contributed by atoms with Gasteiger partial charge in [-0.25, -0.2) is 0 Å². The smallest absolute Gasteiger partial charge is 0.0726 e. The van der Waals surface area contributed by atoms with Gasteiger partial charge in [0.2, 0.25) is 0 Å². The molecule has 0 bridgehead atoms. The van der Waals surface area contributed by atoms with E-state index in [1.807, 2.05) is 0 Å². The summed E-state index contributed by atoms with van der Waals surface area (Å²) in [6, 6.07) is 93.1. The van der Waals surface area contributed by atoms with Gasteiger partial charge in [-0.15, -0.1) is 0 Å². The van der Waals surface area contributed by atoms with Gasteiger partial charge in [-0.1, -0.05) is 218 Å². The fourth-order valence-electron chi connectivity index (χ4n) is 11.9. The highest BCUT2D eigenvalue weighted by Crippen LogP contribution is 2.62. The van der Waals surface area contributed by atoms with Crippen LogP contribution < -0.4 is 4.90 Å². The number of anilines is 3. The van der Waals surface area contributed by atoms with Gasteiger partial charge in [0.05, 0.1) is 22.5 Å². The van der Waals surface area contributed by atoms with Crippen molar-refractivity contribution in [3.05, 3.63) is 271 Å². The average Bonchev–Trinajstić information content (AvgIpc) is 3.39. The Morgan fingerprint density at radius 1 is 0.242 bits per heavy atom. The Morgan fingerprint density at radius 3 is 1.61 bits per heavy atom. The van der Waals surface area contributed by atoms with Gasteiger partial charge in [-0.2, -0.15) is 0 Å². The molecule has 0 N–H and O–H groups in total.